The molecule has 0 saturated carbocycles. The molecular weight excluding hydrogens is 300 g/mol. The molecule has 1 N–H and O–H groups in total. The van der Waals surface area contributed by atoms with Gasteiger partial charge in [-0.3, -0.25) is 4.90 Å². The molecule has 3 fully saturated rings. The molecule has 0 aromatic heterocycles. The molecule has 0 aromatic carbocycles. The van der Waals surface area contributed by atoms with Gasteiger partial charge in [0.05, 0.1) is 12.2 Å². The molecule has 3 rings (SSSR count). The minimum Gasteiger partial charge on any atom is -0.374 e. The topological polar surface area (TPSA) is 31.0 Å². The van der Waals surface area contributed by atoms with E-state index in [1.165, 1.54) is 77.8 Å². The molecule has 140 valence electrons. The molecule has 5 heteroatoms. The maximum absolute atomic E-state index is 6.47. The van der Waals surface area contributed by atoms with Gasteiger partial charge in [-0.1, -0.05) is 0 Å². The SMILES string of the molecule is CNCN1CCCC(CN2CCCC(OC3CCN(C)CC3)C2)C1. The van der Waals surface area contributed by atoms with Gasteiger partial charge < -0.3 is 19.9 Å². The minimum atomic E-state index is 0.476. The van der Waals surface area contributed by atoms with Crippen molar-refractivity contribution in [2.24, 2.45) is 5.92 Å². The zero-order chi connectivity index (χ0) is 16.8. The van der Waals surface area contributed by atoms with Crippen LogP contribution in [0.1, 0.15) is 38.5 Å². The molecule has 0 bridgehead atoms. The summed E-state index contributed by atoms with van der Waals surface area (Å²) in [4.78, 5) is 7.69. The van der Waals surface area contributed by atoms with Crippen molar-refractivity contribution in [3.63, 3.8) is 0 Å². The second-order valence-corrected chi connectivity index (χ2v) is 8.26. The first-order chi connectivity index (χ1) is 11.7. The molecule has 0 radical (unpaired) electrons. The van der Waals surface area contributed by atoms with Crippen LogP contribution in [0.25, 0.3) is 0 Å². The van der Waals surface area contributed by atoms with Gasteiger partial charge in [-0.15, -0.1) is 0 Å². The quantitative estimate of drug-likeness (QED) is 0.792. The van der Waals surface area contributed by atoms with Crippen molar-refractivity contribution in [2.45, 2.75) is 50.7 Å². The Hall–Kier alpha value is -0.200. The summed E-state index contributed by atoms with van der Waals surface area (Å²) < 4.78 is 6.47. The second-order valence-electron chi connectivity index (χ2n) is 8.26. The van der Waals surface area contributed by atoms with Crippen molar-refractivity contribution < 1.29 is 4.74 Å². The molecule has 3 heterocycles. The molecule has 3 saturated heterocycles. The highest BCUT2D eigenvalue weighted by atomic mass is 16.5. The van der Waals surface area contributed by atoms with Crippen LogP contribution in [0.2, 0.25) is 0 Å². The molecule has 0 aromatic rings. The third-order valence-electron chi connectivity index (χ3n) is 6.01. The highest BCUT2D eigenvalue weighted by molar-refractivity contribution is 4.81. The van der Waals surface area contributed by atoms with E-state index in [9.17, 15) is 0 Å². The van der Waals surface area contributed by atoms with E-state index in [2.05, 4.69) is 34.1 Å². The predicted molar refractivity (Wildman–Crippen MR) is 99.3 cm³/mol. The molecule has 5 nitrogen and oxygen atoms in total. The first kappa shape index (κ1) is 18.6. The summed E-state index contributed by atoms with van der Waals surface area (Å²) in [5, 5.41) is 3.31. The van der Waals surface area contributed by atoms with Crippen LogP contribution in [0.15, 0.2) is 0 Å². The Kier molecular flexibility index (Phi) is 7.35. The van der Waals surface area contributed by atoms with Crippen molar-refractivity contribution in [3.05, 3.63) is 0 Å². The lowest BCUT2D eigenvalue weighted by Gasteiger charge is -2.40. The molecule has 0 aliphatic carbocycles. The fourth-order valence-electron chi connectivity index (χ4n) is 4.72. The molecule has 3 aliphatic heterocycles. The summed E-state index contributed by atoms with van der Waals surface area (Å²) >= 11 is 0. The monoisotopic (exact) mass is 338 g/mol. The van der Waals surface area contributed by atoms with Crippen LogP contribution in [-0.4, -0.2) is 93.5 Å². The molecule has 0 spiro atoms. The Labute approximate surface area is 148 Å². The van der Waals surface area contributed by atoms with Gasteiger partial charge in [0.2, 0.25) is 0 Å². The Bertz CT molecular complexity index is 357. The van der Waals surface area contributed by atoms with Crippen LogP contribution in [0.3, 0.4) is 0 Å². The van der Waals surface area contributed by atoms with E-state index < -0.39 is 0 Å². The number of nitrogens with one attached hydrogen (secondary N) is 1. The van der Waals surface area contributed by atoms with Gasteiger partial charge >= 0.3 is 0 Å². The molecule has 3 aliphatic rings. The average molecular weight is 339 g/mol. The molecule has 24 heavy (non-hydrogen) atoms. The van der Waals surface area contributed by atoms with Crippen LogP contribution in [0.5, 0.6) is 0 Å². The number of ether oxygens (including phenoxy) is 1. The number of hydrogen-bond acceptors (Lipinski definition) is 5. The zero-order valence-corrected chi connectivity index (χ0v) is 15.9. The number of piperidine rings is 3. The fraction of sp³-hybridized carbons (Fsp3) is 1.00. The largest absolute Gasteiger partial charge is 0.374 e. The van der Waals surface area contributed by atoms with Crippen LogP contribution >= 0.6 is 0 Å². The smallest absolute Gasteiger partial charge is 0.0706 e. The molecule has 2 atom stereocenters. The number of rotatable bonds is 6. The van der Waals surface area contributed by atoms with Gasteiger partial charge in [0, 0.05) is 39.4 Å². The summed E-state index contributed by atoms with van der Waals surface area (Å²) in [7, 11) is 4.28. The third-order valence-corrected chi connectivity index (χ3v) is 6.01. The van der Waals surface area contributed by atoms with Crippen molar-refractivity contribution >= 4 is 0 Å². The van der Waals surface area contributed by atoms with Gasteiger partial charge in [0.1, 0.15) is 0 Å². The second kappa shape index (κ2) is 9.48. The van der Waals surface area contributed by atoms with Gasteiger partial charge in [-0.05, 0) is 71.6 Å². The highest BCUT2D eigenvalue weighted by Gasteiger charge is 2.28. The lowest BCUT2D eigenvalue weighted by atomic mass is 9.96. The summed E-state index contributed by atoms with van der Waals surface area (Å²) in [6.07, 6.45) is 8.75. The Balaban J connectivity index is 1.40. The normalized spacial score (nSPS) is 32.2. The maximum Gasteiger partial charge on any atom is 0.0706 e. The maximum atomic E-state index is 6.47. The summed E-state index contributed by atoms with van der Waals surface area (Å²) in [6, 6.07) is 0. The van der Waals surface area contributed by atoms with E-state index in [0.29, 0.717) is 12.2 Å². The number of nitrogens with zero attached hydrogens (tertiary/aromatic N) is 3. The summed E-state index contributed by atoms with van der Waals surface area (Å²) in [6.45, 7) is 9.67. The van der Waals surface area contributed by atoms with Crippen LogP contribution in [0.4, 0.5) is 0 Å². The van der Waals surface area contributed by atoms with Crippen molar-refractivity contribution in [3.8, 4) is 0 Å². The Morgan fingerprint density at radius 1 is 0.875 bits per heavy atom. The molecule has 0 amide bonds. The van der Waals surface area contributed by atoms with Gasteiger partial charge in [0.25, 0.3) is 0 Å². The van der Waals surface area contributed by atoms with E-state index in [1.807, 2.05) is 0 Å². The van der Waals surface area contributed by atoms with Gasteiger partial charge in [0.15, 0.2) is 0 Å². The van der Waals surface area contributed by atoms with Gasteiger partial charge in [-0.2, -0.15) is 0 Å². The van der Waals surface area contributed by atoms with E-state index in [1.54, 1.807) is 0 Å². The van der Waals surface area contributed by atoms with Gasteiger partial charge in [-0.25, -0.2) is 0 Å². The first-order valence-corrected chi connectivity index (χ1v) is 10.2. The number of hydrogen-bond donors (Lipinski definition) is 1. The molecular formula is C19H38N4O. The first-order valence-electron chi connectivity index (χ1n) is 10.2. The highest BCUT2D eigenvalue weighted by Crippen LogP contribution is 2.23. The Morgan fingerprint density at radius 2 is 1.62 bits per heavy atom. The lowest BCUT2D eigenvalue weighted by Crippen LogP contribution is -2.48. The average Bonchev–Trinajstić information content (AvgIpc) is 2.58. The summed E-state index contributed by atoms with van der Waals surface area (Å²) in [5.41, 5.74) is 0. The predicted octanol–water partition coefficient (Wildman–Crippen LogP) is 1.45. The number of likely N-dealkylation sites (tertiary alicyclic amines) is 3. The van der Waals surface area contributed by atoms with Crippen LogP contribution in [0, 0.1) is 5.92 Å². The van der Waals surface area contributed by atoms with Crippen LogP contribution in [-0.2, 0) is 4.74 Å². The zero-order valence-electron chi connectivity index (χ0n) is 15.9. The Morgan fingerprint density at radius 3 is 2.42 bits per heavy atom. The van der Waals surface area contributed by atoms with Crippen molar-refractivity contribution in [1.82, 2.24) is 20.0 Å². The summed E-state index contributed by atoms with van der Waals surface area (Å²) in [5.74, 6) is 0.842. The standard InChI is InChI=1S/C19H38N4O/c1-20-16-23-10-3-5-17(14-23)13-22-9-4-6-19(15-22)24-18-7-11-21(2)12-8-18/h17-20H,3-16H2,1-2H3. The third kappa shape index (κ3) is 5.67. The van der Waals surface area contributed by atoms with Crippen molar-refractivity contribution in [1.29, 1.82) is 0 Å². The van der Waals surface area contributed by atoms with Crippen LogP contribution < -0.4 is 5.32 Å². The van der Waals surface area contributed by atoms with E-state index in [0.717, 1.165) is 19.1 Å². The van der Waals surface area contributed by atoms with Crippen molar-refractivity contribution in [2.75, 3.05) is 66.6 Å². The minimum absolute atomic E-state index is 0.476. The molecule has 2 unspecified atom stereocenters. The van der Waals surface area contributed by atoms with E-state index in [-0.39, 0.29) is 0 Å². The fourth-order valence-corrected chi connectivity index (χ4v) is 4.72. The lowest BCUT2D eigenvalue weighted by molar-refractivity contribution is -0.0699. The van der Waals surface area contributed by atoms with E-state index in [4.69, 9.17) is 4.74 Å². The van der Waals surface area contributed by atoms with E-state index >= 15 is 0 Å².